The molecule has 1 heterocycles. The van der Waals surface area contributed by atoms with Crippen LogP contribution in [0, 0.1) is 0 Å². The van der Waals surface area contributed by atoms with Gasteiger partial charge in [-0.15, -0.1) is 10.2 Å². The van der Waals surface area contributed by atoms with E-state index in [2.05, 4.69) is 10.2 Å². The first-order chi connectivity index (χ1) is 5.43. The Hall–Kier alpha value is -1.11. The van der Waals surface area contributed by atoms with Gasteiger partial charge in [0.25, 0.3) is 0 Å². The van der Waals surface area contributed by atoms with Crippen LogP contribution in [-0.4, -0.2) is 26.0 Å². The van der Waals surface area contributed by atoms with E-state index in [-0.39, 0.29) is 0 Å². The van der Waals surface area contributed by atoms with E-state index in [1.54, 1.807) is 0 Å². The second-order valence-corrected chi connectivity index (χ2v) is 2.24. The molecule has 0 bridgehead atoms. The topological polar surface area (TPSA) is 50.9 Å². The van der Waals surface area contributed by atoms with E-state index >= 15 is 0 Å². The van der Waals surface area contributed by atoms with E-state index in [1.165, 1.54) is 7.05 Å². The minimum Gasteiger partial charge on any atom is -0.377 e. The Labute approximate surface area is 65.6 Å². The first-order valence-electron chi connectivity index (χ1n) is 3.01. The third-order valence-electron chi connectivity index (χ3n) is 1.30. The Kier molecular flexibility index (Phi) is 2.05. The van der Waals surface area contributed by atoms with Crippen LogP contribution in [0.3, 0.4) is 0 Å². The number of aryl methyl sites for hydroxylation is 1. The predicted molar refractivity (Wildman–Crippen MR) is 32.0 cm³/mol. The fourth-order valence-corrected chi connectivity index (χ4v) is 0.686. The van der Waals surface area contributed by atoms with Crippen molar-refractivity contribution in [3.8, 4) is 0 Å². The van der Waals surface area contributed by atoms with Gasteiger partial charge in [0, 0.05) is 7.05 Å². The van der Waals surface area contributed by atoms with Crippen LogP contribution in [0.5, 0.6) is 0 Å². The molecule has 12 heavy (non-hydrogen) atoms. The Morgan fingerprint density at radius 3 is 2.50 bits per heavy atom. The zero-order chi connectivity index (χ0) is 9.35. The summed E-state index contributed by atoms with van der Waals surface area (Å²) in [6.45, 7) is 0. The van der Waals surface area contributed by atoms with Gasteiger partial charge in [0.05, 0.1) is 0 Å². The minimum absolute atomic E-state index is 0.512. The van der Waals surface area contributed by atoms with Crippen LogP contribution in [0.1, 0.15) is 11.9 Å². The van der Waals surface area contributed by atoms with Crippen LogP contribution >= 0.6 is 0 Å². The summed E-state index contributed by atoms with van der Waals surface area (Å²) < 4.78 is 36.6. The molecular formula is C5H6F3N3O. The lowest BCUT2D eigenvalue weighted by Gasteiger charge is -2.12. The molecule has 4 nitrogen and oxygen atoms in total. The molecule has 0 fully saturated rings. The molecule has 0 aromatic carbocycles. The third kappa shape index (κ3) is 1.55. The number of hydrogen-bond donors (Lipinski definition) is 1. The van der Waals surface area contributed by atoms with E-state index in [9.17, 15) is 13.2 Å². The van der Waals surface area contributed by atoms with Gasteiger partial charge in [-0.1, -0.05) is 0 Å². The second kappa shape index (κ2) is 2.74. The Balaban J connectivity index is 2.92. The monoisotopic (exact) mass is 181 g/mol. The van der Waals surface area contributed by atoms with Crippen molar-refractivity contribution in [2.45, 2.75) is 12.3 Å². The van der Waals surface area contributed by atoms with Gasteiger partial charge in [0.15, 0.2) is 5.82 Å². The van der Waals surface area contributed by atoms with Gasteiger partial charge < -0.3 is 9.67 Å². The van der Waals surface area contributed by atoms with Gasteiger partial charge in [-0.3, -0.25) is 0 Å². The lowest BCUT2D eigenvalue weighted by Crippen LogP contribution is -2.23. The summed E-state index contributed by atoms with van der Waals surface area (Å²) >= 11 is 0. The van der Waals surface area contributed by atoms with Crippen LogP contribution in [0.15, 0.2) is 6.33 Å². The highest BCUT2D eigenvalue weighted by molar-refractivity contribution is 4.93. The smallest absolute Gasteiger partial charge is 0.377 e. The molecule has 0 aliphatic rings. The van der Waals surface area contributed by atoms with Gasteiger partial charge in [0.2, 0.25) is 6.10 Å². The van der Waals surface area contributed by atoms with E-state index in [0.717, 1.165) is 10.9 Å². The largest absolute Gasteiger partial charge is 0.421 e. The summed E-state index contributed by atoms with van der Waals surface area (Å²) in [5, 5.41) is 15.0. The Morgan fingerprint density at radius 2 is 2.17 bits per heavy atom. The molecule has 0 radical (unpaired) electrons. The summed E-state index contributed by atoms with van der Waals surface area (Å²) in [5.41, 5.74) is 0. The van der Waals surface area contributed by atoms with Crippen molar-refractivity contribution in [1.29, 1.82) is 0 Å². The maximum atomic E-state index is 11.9. The standard InChI is InChI=1S/C5H6F3N3O/c1-11-2-9-10-4(11)3(12)5(6,7)8/h2-3,12H,1H3. The van der Waals surface area contributed by atoms with Crippen molar-refractivity contribution < 1.29 is 18.3 Å². The van der Waals surface area contributed by atoms with Crippen LogP contribution in [0.2, 0.25) is 0 Å². The quantitative estimate of drug-likeness (QED) is 0.682. The van der Waals surface area contributed by atoms with Gasteiger partial charge in [-0.25, -0.2) is 0 Å². The number of aliphatic hydroxyl groups excluding tert-OH is 1. The maximum Gasteiger partial charge on any atom is 0.421 e. The normalized spacial score (nSPS) is 14.8. The number of aliphatic hydroxyl groups is 1. The number of halogens is 3. The van der Waals surface area contributed by atoms with Crippen molar-refractivity contribution in [3.05, 3.63) is 12.2 Å². The van der Waals surface area contributed by atoms with Gasteiger partial charge in [-0.05, 0) is 0 Å². The fourth-order valence-electron chi connectivity index (χ4n) is 0.686. The molecule has 1 atom stereocenters. The molecular weight excluding hydrogens is 175 g/mol. The zero-order valence-electron chi connectivity index (χ0n) is 6.08. The van der Waals surface area contributed by atoms with Crippen molar-refractivity contribution >= 4 is 0 Å². The average molecular weight is 181 g/mol. The van der Waals surface area contributed by atoms with Crippen LogP contribution in [-0.2, 0) is 7.05 Å². The summed E-state index contributed by atoms with van der Waals surface area (Å²) in [6, 6.07) is 0. The highest BCUT2D eigenvalue weighted by Gasteiger charge is 2.42. The molecule has 1 rings (SSSR count). The van der Waals surface area contributed by atoms with Gasteiger partial charge in [0.1, 0.15) is 6.33 Å². The summed E-state index contributed by atoms with van der Waals surface area (Å²) in [7, 11) is 1.32. The predicted octanol–water partition coefficient (Wildman–Crippen LogP) is 0.411. The van der Waals surface area contributed by atoms with Crippen LogP contribution < -0.4 is 0 Å². The van der Waals surface area contributed by atoms with Crippen molar-refractivity contribution in [3.63, 3.8) is 0 Å². The molecule has 1 unspecified atom stereocenters. The summed E-state index contributed by atoms with van der Waals surface area (Å²) in [4.78, 5) is 0. The number of alkyl halides is 3. The first-order valence-corrected chi connectivity index (χ1v) is 3.01. The number of rotatable bonds is 1. The number of aromatic nitrogens is 3. The molecule has 0 saturated heterocycles. The van der Waals surface area contributed by atoms with E-state index in [1.807, 2.05) is 0 Å². The number of nitrogens with zero attached hydrogens (tertiary/aromatic N) is 3. The first kappa shape index (κ1) is 8.98. The molecule has 68 valence electrons. The minimum atomic E-state index is -4.69. The van der Waals surface area contributed by atoms with E-state index in [4.69, 9.17) is 5.11 Å². The molecule has 0 saturated carbocycles. The average Bonchev–Trinajstić information content (AvgIpc) is 2.31. The van der Waals surface area contributed by atoms with Crippen LogP contribution in [0.25, 0.3) is 0 Å². The summed E-state index contributed by atoms with van der Waals surface area (Å²) in [6.07, 6.45) is -6.17. The summed E-state index contributed by atoms with van der Waals surface area (Å²) in [5.74, 6) is -0.512. The van der Waals surface area contributed by atoms with Crippen molar-refractivity contribution in [2.24, 2.45) is 7.05 Å². The molecule has 7 heteroatoms. The second-order valence-electron chi connectivity index (χ2n) is 2.24. The number of hydrogen-bond acceptors (Lipinski definition) is 3. The molecule has 0 aliphatic heterocycles. The van der Waals surface area contributed by atoms with E-state index < -0.39 is 18.1 Å². The highest BCUT2D eigenvalue weighted by Crippen LogP contribution is 2.30. The van der Waals surface area contributed by atoms with Crippen molar-refractivity contribution in [2.75, 3.05) is 0 Å². The van der Waals surface area contributed by atoms with E-state index in [0.29, 0.717) is 0 Å². The Morgan fingerprint density at radius 1 is 1.58 bits per heavy atom. The molecule has 0 aliphatic carbocycles. The maximum absolute atomic E-state index is 11.9. The highest BCUT2D eigenvalue weighted by atomic mass is 19.4. The van der Waals surface area contributed by atoms with Crippen molar-refractivity contribution in [1.82, 2.24) is 14.8 Å². The third-order valence-corrected chi connectivity index (χ3v) is 1.30. The fraction of sp³-hybridized carbons (Fsp3) is 0.600. The lowest BCUT2D eigenvalue weighted by molar-refractivity contribution is -0.209. The van der Waals surface area contributed by atoms with Gasteiger partial charge in [-0.2, -0.15) is 13.2 Å². The molecule has 1 aromatic rings. The Bertz CT molecular complexity index is 269. The molecule has 1 N–H and O–H groups in total. The lowest BCUT2D eigenvalue weighted by atomic mass is 10.3. The van der Waals surface area contributed by atoms with Gasteiger partial charge >= 0.3 is 6.18 Å². The molecule has 0 amide bonds. The zero-order valence-corrected chi connectivity index (χ0v) is 6.08. The molecule has 1 aromatic heterocycles. The SMILES string of the molecule is Cn1cnnc1C(O)C(F)(F)F. The molecule has 0 spiro atoms. The van der Waals surface area contributed by atoms with Crippen LogP contribution in [0.4, 0.5) is 13.2 Å².